The van der Waals surface area contributed by atoms with Crippen LogP contribution in [-0.2, 0) is 50.1 Å². The minimum Gasteiger partial charge on any atom is -0.225 e. The molecule has 0 radical (unpaired) electrons. The molecule has 16 nitrogen and oxygen atoms in total. The predicted octanol–water partition coefficient (Wildman–Crippen LogP) is -5.68. The molecule has 0 aliphatic heterocycles. The number of nitrogens with two attached hydrogens (primary N) is 5. The van der Waals surface area contributed by atoms with Crippen molar-refractivity contribution in [1.82, 2.24) is 4.98 Å². The van der Waals surface area contributed by atoms with Crippen LogP contribution < -0.4 is 25.7 Å². The molecule has 0 spiro atoms. The molecule has 1 rings (SSSR count). The summed E-state index contributed by atoms with van der Waals surface area (Å²) in [5.74, 6) is 0. The van der Waals surface area contributed by atoms with Crippen LogP contribution in [0.4, 0.5) is 0 Å². The number of hydrogen-bond acceptors (Lipinski definition) is 11. The number of primary sulfonamides is 5. The Kier molecular flexibility index (Phi) is 5.35. The van der Waals surface area contributed by atoms with E-state index in [0.717, 1.165) is 0 Å². The van der Waals surface area contributed by atoms with Crippen LogP contribution in [0.1, 0.15) is 0 Å². The van der Waals surface area contributed by atoms with Crippen molar-refractivity contribution in [3.8, 4) is 0 Å². The first-order valence-corrected chi connectivity index (χ1v) is 13.0. The molecule has 10 N–H and O–H groups in total. The van der Waals surface area contributed by atoms with E-state index in [9.17, 15) is 42.1 Å². The highest BCUT2D eigenvalue weighted by molar-refractivity contribution is 7.95. The van der Waals surface area contributed by atoms with Gasteiger partial charge in [-0.1, -0.05) is 0 Å². The van der Waals surface area contributed by atoms with Gasteiger partial charge in [0.2, 0.25) is 30.1 Å². The minimum atomic E-state index is -5.49. The Hall–Kier alpha value is -1.30. The van der Waals surface area contributed by atoms with Crippen molar-refractivity contribution in [2.45, 2.75) is 24.7 Å². The van der Waals surface area contributed by atoms with E-state index < -0.39 is 74.9 Å². The molecule has 0 unspecified atom stereocenters. The van der Waals surface area contributed by atoms with E-state index >= 15 is 0 Å². The van der Waals surface area contributed by atoms with Crippen LogP contribution in [0.5, 0.6) is 0 Å². The molecule has 1 aromatic rings. The molecule has 0 fully saturated rings. The number of nitrogens with zero attached hydrogens (tertiary/aromatic N) is 1. The summed E-state index contributed by atoms with van der Waals surface area (Å²) in [6.07, 6.45) is 0. The Morgan fingerprint density at radius 2 is 0.654 bits per heavy atom. The lowest BCUT2D eigenvalue weighted by atomic mass is 10.5. The van der Waals surface area contributed by atoms with Crippen LogP contribution in [0.3, 0.4) is 0 Å². The molecule has 0 amide bonds. The molecule has 0 atom stereocenters. The summed E-state index contributed by atoms with van der Waals surface area (Å²) in [6, 6.07) is 0. The second-order valence-corrected chi connectivity index (χ2v) is 11.9. The zero-order valence-electron chi connectivity index (χ0n) is 12.0. The highest BCUT2D eigenvalue weighted by atomic mass is 32.2. The normalized spacial score (nSPS) is 14.3. The molecule has 21 heteroatoms. The van der Waals surface area contributed by atoms with Crippen LogP contribution in [-0.4, -0.2) is 47.1 Å². The molecule has 1 aromatic heterocycles. The van der Waals surface area contributed by atoms with E-state index in [1.807, 2.05) is 0 Å². The molecule has 0 aliphatic carbocycles. The number of pyridine rings is 1. The zero-order chi connectivity index (χ0) is 21.1. The van der Waals surface area contributed by atoms with Crippen molar-refractivity contribution < 1.29 is 42.1 Å². The maximum absolute atomic E-state index is 11.8. The molecular formula is C5H10N6O10S5. The fourth-order valence-electron chi connectivity index (χ4n) is 1.64. The second kappa shape index (κ2) is 6.11. The van der Waals surface area contributed by atoms with Gasteiger partial charge in [0.15, 0.2) is 10.1 Å². The Balaban J connectivity index is 4.84. The zero-order valence-corrected chi connectivity index (χ0v) is 16.0. The van der Waals surface area contributed by atoms with Gasteiger partial charge < -0.3 is 0 Å². The summed E-state index contributed by atoms with van der Waals surface area (Å²) in [7, 11) is -26.9. The van der Waals surface area contributed by atoms with Gasteiger partial charge in [-0.05, 0) is 0 Å². The van der Waals surface area contributed by atoms with Crippen LogP contribution in [0.25, 0.3) is 0 Å². The van der Waals surface area contributed by atoms with E-state index in [-0.39, 0.29) is 0 Å². The van der Waals surface area contributed by atoms with Crippen molar-refractivity contribution in [2.75, 3.05) is 0 Å². The molecule has 0 aliphatic rings. The minimum absolute atomic E-state index is 1.93. The van der Waals surface area contributed by atoms with E-state index in [1.165, 1.54) is 0 Å². The van der Waals surface area contributed by atoms with Gasteiger partial charge in [-0.15, -0.1) is 0 Å². The van der Waals surface area contributed by atoms with Crippen molar-refractivity contribution in [2.24, 2.45) is 25.7 Å². The summed E-state index contributed by atoms with van der Waals surface area (Å²) >= 11 is 0. The van der Waals surface area contributed by atoms with Gasteiger partial charge >= 0.3 is 0 Å². The Morgan fingerprint density at radius 1 is 0.423 bits per heavy atom. The van der Waals surface area contributed by atoms with Crippen molar-refractivity contribution >= 4 is 50.1 Å². The smallest absolute Gasteiger partial charge is 0.225 e. The number of hydrogen-bond donors (Lipinski definition) is 5. The van der Waals surface area contributed by atoms with Gasteiger partial charge in [-0.25, -0.2) is 72.8 Å². The average molecular weight is 475 g/mol. The van der Waals surface area contributed by atoms with Gasteiger partial charge in [-0.3, -0.25) is 0 Å². The molecule has 0 aromatic carbocycles. The molecule has 0 saturated carbocycles. The van der Waals surface area contributed by atoms with E-state index in [0.29, 0.717) is 0 Å². The lowest BCUT2D eigenvalue weighted by molar-refractivity contribution is 0.543. The van der Waals surface area contributed by atoms with Crippen LogP contribution >= 0.6 is 0 Å². The standard InChI is InChI=1S/C5H10N6O10S5/c6-22(12,13)1-2(23(7,14)15)4(25(9,18)19)11-5(26(10,20)21)3(1)24(8,16)17/h(H2,6,12,13)(H2,7,14,15)(H2,8,16,17)(H2,9,18,19)(H2,10,20,21). The van der Waals surface area contributed by atoms with Crippen LogP contribution in [0.2, 0.25) is 0 Å². The second-order valence-electron chi connectivity index (χ2n) is 4.43. The lowest BCUT2D eigenvalue weighted by Crippen LogP contribution is -2.33. The number of sulfonamides is 5. The number of aromatic nitrogens is 1. The van der Waals surface area contributed by atoms with Gasteiger partial charge in [-0.2, -0.15) is 0 Å². The quantitative estimate of drug-likeness (QED) is 0.267. The van der Waals surface area contributed by atoms with E-state index in [2.05, 4.69) is 15.3 Å². The van der Waals surface area contributed by atoms with Crippen LogP contribution in [0.15, 0.2) is 24.7 Å². The third-order valence-corrected chi connectivity index (χ3v) is 7.49. The fourth-order valence-corrected chi connectivity index (χ4v) is 7.84. The first-order chi connectivity index (χ1) is 11.1. The molecule has 0 saturated heterocycles. The third-order valence-electron chi connectivity index (χ3n) is 2.40. The maximum Gasteiger partial charge on any atom is 0.256 e. The van der Waals surface area contributed by atoms with Gasteiger partial charge in [0.25, 0.3) is 20.0 Å². The lowest BCUT2D eigenvalue weighted by Gasteiger charge is -2.16. The number of rotatable bonds is 5. The largest absolute Gasteiger partial charge is 0.256 e. The highest BCUT2D eigenvalue weighted by Crippen LogP contribution is 2.33. The molecular weight excluding hydrogens is 464 g/mol. The first kappa shape index (κ1) is 22.7. The third kappa shape index (κ3) is 4.51. The topological polar surface area (TPSA) is 314 Å². The Labute approximate surface area is 147 Å². The summed E-state index contributed by atoms with van der Waals surface area (Å²) < 4.78 is 117. The van der Waals surface area contributed by atoms with E-state index in [4.69, 9.17) is 15.4 Å². The summed E-state index contributed by atoms with van der Waals surface area (Å²) in [6.45, 7) is 0. The first-order valence-electron chi connectivity index (χ1n) is 5.31. The van der Waals surface area contributed by atoms with Gasteiger partial charge in [0.05, 0.1) is 0 Å². The maximum atomic E-state index is 11.8. The van der Waals surface area contributed by atoms with Gasteiger partial charge in [0.1, 0.15) is 14.7 Å². The molecule has 1 heterocycles. The summed E-state index contributed by atoms with van der Waals surface area (Å²) in [5.41, 5.74) is 0. The van der Waals surface area contributed by atoms with Crippen LogP contribution in [0, 0.1) is 0 Å². The fraction of sp³-hybridized carbons (Fsp3) is 0. The average Bonchev–Trinajstić information content (AvgIpc) is 2.30. The monoisotopic (exact) mass is 474 g/mol. The Morgan fingerprint density at radius 3 is 0.808 bits per heavy atom. The highest BCUT2D eigenvalue weighted by Gasteiger charge is 2.41. The SMILES string of the molecule is NS(=O)(=O)c1nc(S(N)(=O)=O)c(S(N)(=O)=O)c(S(N)(=O)=O)c1S(N)(=O)=O. The molecule has 150 valence electrons. The van der Waals surface area contributed by atoms with Gasteiger partial charge in [0, 0.05) is 0 Å². The van der Waals surface area contributed by atoms with E-state index in [1.54, 1.807) is 0 Å². The van der Waals surface area contributed by atoms with Crippen molar-refractivity contribution in [3.05, 3.63) is 0 Å². The Bertz CT molecular complexity index is 1230. The van der Waals surface area contributed by atoms with Crippen molar-refractivity contribution in [1.29, 1.82) is 0 Å². The predicted molar refractivity (Wildman–Crippen MR) is 81.1 cm³/mol. The molecule has 0 bridgehead atoms. The summed E-state index contributed by atoms with van der Waals surface area (Å²) in [4.78, 5) is -3.32. The van der Waals surface area contributed by atoms with Crippen molar-refractivity contribution in [3.63, 3.8) is 0 Å². The summed E-state index contributed by atoms with van der Waals surface area (Å²) in [5, 5.41) is 19.6. The molecule has 26 heavy (non-hydrogen) atoms.